The van der Waals surface area contributed by atoms with Crippen molar-refractivity contribution in [3.8, 4) is 11.5 Å². The number of unbranched alkanes of at least 4 members (excludes halogenated alkanes) is 3. The first-order valence-corrected chi connectivity index (χ1v) is 15.0. The summed E-state index contributed by atoms with van der Waals surface area (Å²) in [6.07, 6.45) is 10.2. The molecule has 2 aliphatic rings. The maximum Gasteiger partial charge on any atom is 0.530 e. The Morgan fingerprint density at radius 1 is 1.09 bits per heavy atom. The molecule has 1 aliphatic carbocycles. The molecule has 0 spiro atoms. The summed E-state index contributed by atoms with van der Waals surface area (Å²) in [6.45, 7) is 17.5. The normalized spacial score (nSPS) is 21.5. The van der Waals surface area contributed by atoms with E-state index >= 15 is 0 Å². The van der Waals surface area contributed by atoms with Crippen molar-refractivity contribution in [1.29, 1.82) is 0 Å². The van der Waals surface area contributed by atoms with Gasteiger partial charge in [0.05, 0.1) is 13.2 Å². The van der Waals surface area contributed by atoms with Crippen molar-refractivity contribution in [2.24, 2.45) is 5.92 Å². The molecule has 3 rings (SSSR count). The SMILES string of the molecule is CCCCCCC(C)(C)c1cc2c(c(OP(=O)(OCC)OCC)c1)[C@@H]1CC(C)=CC[C@H]1C(C)(C)O2. The monoisotopic (exact) mass is 506 g/mol. The van der Waals surface area contributed by atoms with Crippen molar-refractivity contribution in [3.05, 3.63) is 34.9 Å². The zero-order chi connectivity index (χ0) is 25.9. The van der Waals surface area contributed by atoms with Crippen molar-refractivity contribution >= 4 is 7.82 Å². The second-order valence-corrected chi connectivity index (χ2v) is 13.0. The van der Waals surface area contributed by atoms with Crippen LogP contribution in [0.3, 0.4) is 0 Å². The van der Waals surface area contributed by atoms with Crippen LogP contribution in [0.1, 0.15) is 117 Å². The molecule has 0 N–H and O–H groups in total. The summed E-state index contributed by atoms with van der Waals surface area (Å²) in [5, 5.41) is 0. The second kappa shape index (κ2) is 11.4. The number of phosphoric acid groups is 1. The summed E-state index contributed by atoms with van der Waals surface area (Å²) in [5.74, 6) is 1.98. The van der Waals surface area contributed by atoms with E-state index in [0.717, 1.165) is 36.1 Å². The molecule has 0 aromatic heterocycles. The molecule has 1 aromatic rings. The molecule has 0 amide bonds. The van der Waals surface area contributed by atoms with Gasteiger partial charge in [-0.05, 0) is 77.0 Å². The number of allylic oxidation sites excluding steroid dienone is 2. The quantitative estimate of drug-likeness (QED) is 0.161. The Labute approximate surface area is 213 Å². The fourth-order valence-corrected chi connectivity index (χ4v) is 6.88. The number of rotatable bonds is 12. The predicted octanol–water partition coefficient (Wildman–Crippen LogP) is 9.11. The highest BCUT2D eigenvalue weighted by molar-refractivity contribution is 7.48. The zero-order valence-electron chi connectivity index (χ0n) is 23.2. The van der Waals surface area contributed by atoms with Crippen LogP contribution in [0, 0.1) is 5.92 Å². The molecule has 0 saturated heterocycles. The number of hydrogen-bond acceptors (Lipinski definition) is 5. The van der Waals surface area contributed by atoms with E-state index in [4.69, 9.17) is 18.3 Å². The minimum atomic E-state index is -3.75. The molecule has 0 bridgehead atoms. The smallest absolute Gasteiger partial charge is 0.487 e. The Morgan fingerprint density at radius 2 is 1.77 bits per heavy atom. The van der Waals surface area contributed by atoms with Gasteiger partial charge in [-0.2, -0.15) is 0 Å². The predicted molar refractivity (Wildman–Crippen MR) is 144 cm³/mol. The lowest BCUT2D eigenvalue weighted by atomic mass is 9.66. The Balaban J connectivity index is 2.11. The lowest BCUT2D eigenvalue weighted by Crippen LogP contribution is -2.45. The summed E-state index contributed by atoms with van der Waals surface area (Å²) in [4.78, 5) is 0. The number of ether oxygens (including phenoxy) is 1. The van der Waals surface area contributed by atoms with E-state index in [1.165, 1.54) is 31.3 Å². The van der Waals surface area contributed by atoms with E-state index in [-0.39, 0.29) is 30.1 Å². The molecule has 0 radical (unpaired) electrons. The fraction of sp³-hybridized carbons (Fsp3) is 0.724. The van der Waals surface area contributed by atoms with Gasteiger partial charge in [0.25, 0.3) is 0 Å². The molecule has 6 heteroatoms. The van der Waals surface area contributed by atoms with Crippen LogP contribution in [0.15, 0.2) is 23.8 Å². The van der Waals surface area contributed by atoms with Crippen molar-refractivity contribution in [2.75, 3.05) is 13.2 Å². The number of benzene rings is 1. The van der Waals surface area contributed by atoms with E-state index in [9.17, 15) is 4.57 Å². The van der Waals surface area contributed by atoms with Crippen LogP contribution in [0.5, 0.6) is 11.5 Å². The first-order valence-electron chi connectivity index (χ1n) is 13.6. The molecule has 0 unspecified atom stereocenters. The molecule has 1 aromatic carbocycles. The molecule has 35 heavy (non-hydrogen) atoms. The molecular formula is C29H47O5P. The number of hydrogen-bond donors (Lipinski definition) is 0. The van der Waals surface area contributed by atoms with Crippen LogP contribution in [0.25, 0.3) is 0 Å². The van der Waals surface area contributed by atoms with Crippen molar-refractivity contribution in [2.45, 2.75) is 117 Å². The molecule has 2 atom stereocenters. The molecule has 5 nitrogen and oxygen atoms in total. The molecule has 1 aliphatic heterocycles. The lowest BCUT2D eigenvalue weighted by molar-refractivity contribution is 0.00755. The number of phosphoric ester groups is 1. The van der Waals surface area contributed by atoms with Crippen LogP contribution in [0.2, 0.25) is 0 Å². The minimum absolute atomic E-state index is 0.0746. The average molecular weight is 507 g/mol. The maximum atomic E-state index is 13.5. The van der Waals surface area contributed by atoms with Crippen molar-refractivity contribution < 1.29 is 22.9 Å². The topological polar surface area (TPSA) is 54.0 Å². The highest BCUT2D eigenvalue weighted by Gasteiger charge is 2.47. The van der Waals surface area contributed by atoms with E-state index in [1.807, 2.05) is 0 Å². The second-order valence-electron chi connectivity index (χ2n) is 11.4. The first-order chi connectivity index (χ1) is 16.5. The lowest BCUT2D eigenvalue weighted by Gasteiger charge is -2.47. The van der Waals surface area contributed by atoms with Gasteiger partial charge < -0.3 is 9.26 Å². The molecule has 0 fully saturated rings. The van der Waals surface area contributed by atoms with Crippen LogP contribution in [-0.4, -0.2) is 18.8 Å². The Morgan fingerprint density at radius 3 is 2.40 bits per heavy atom. The van der Waals surface area contributed by atoms with Gasteiger partial charge >= 0.3 is 7.82 Å². The number of fused-ring (bicyclic) bond motifs is 3. The molecular weight excluding hydrogens is 459 g/mol. The highest BCUT2D eigenvalue weighted by atomic mass is 31.2. The van der Waals surface area contributed by atoms with Gasteiger partial charge in [-0.1, -0.05) is 58.1 Å². The Bertz CT molecular complexity index is 939. The largest absolute Gasteiger partial charge is 0.530 e. The summed E-state index contributed by atoms with van der Waals surface area (Å²) in [6, 6.07) is 4.29. The van der Waals surface area contributed by atoms with Crippen LogP contribution < -0.4 is 9.26 Å². The van der Waals surface area contributed by atoms with Gasteiger partial charge in [-0.15, -0.1) is 0 Å². The Hall–Kier alpha value is -1.29. The third kappa shape index (κ3) is 6.53. The molecule has 198 valence electrons. The van der Waals surface area contributed by atoms with Crippen LogP contribution >= 0.6 is 7.82 Å². The van der Waals surface area contributed by atoms with Gasteiger partial charge in [0.15, 0.2) is 0 Å². The van der Waals surface area contributed by atoms with Gasteiger partial charge in [0.2, 0.25) is 0 Å². The van der Waals surface area contributed by atoms with Crippen molar-refractivity contribution in [1.82, 2.24) is 0 Å². The average Bonchev–Trinajstić information content (AvgIpc) is 2.76. The minimum Gasteiger partial charge on any atom is -0.487 e. The van der Waals surface area contributed by atoms with E-state index in [2.05, 4.69) is 59.8 Å². The van der Waals surface area contributed by atoms with Crippen LogP contribution in [0.4, 0.5) is 0 Å². The summed E-state index contributed by atoms with van der Waals surface area (Å²) < 4.78 is 37.5. The molecule has 1 heterocycles. The summed E-state index contributed by atoms with van der Waals surface area (Å²) >= 11 is 0. The summed E-state index contributed by atoms with van der Waals surface area (Å²) in [5.41, 5.74) is 3.14. The van der Waals surface area contributed by atoms with E-state index in [1.54, 1.807) is 13.8 Å². The third-order valence-corrected chi connectivity index (χ3v) is 9.28. The van der Waals surface area contributed by atoms with Gasteiger partial charge in [0, 0.05) is 17.4 Å². The maximum absolute atomic E-state index is 13.5. The van der Waals surface area contributed by atoms with Crippen molar-refractivity contribution in [3.63, 3.8) is 0 Å². The van der Waals surface area contributed by atoms with E-state index < -0.39 is 7.82 Å². The zero-order valence-corrected chi connectivity index (χ0v) is 24.1. The summed E-state index contributed by atoms with van der Waals surface area (Å²) in [7, 11) is -3.75. The van der Waals surface area contributed by atoms with Crippen LogP contribution in [-0.2, 0) is 19.0 Å². The standard InChI is InChI=1S/C29H47O5P/c1-9-12-13-14-17-28(5,6)22-19-25-27(26(20-22)34-35(30,31-10-2)32-11-3)23-18-21(4)15-16-24(23)29(7,8)33-25/h15,19-20,23-24H,9-14,16-18H2,1-8H3/t23-,24-/m1/s1. The Kier molecular flexibility index (Phi) is 9.21. The van der Waals surface area contributed by atoms with E-state index in [0.29, 0.717) is 11.7 Å². The van der Waals surface area contributed by atoms with Gasteiger partial charge in [0.1, 0.15) is 17.1 Å². The third-order valence-electron chi connectivity index (χ3n) is 7.71. The highest BCUT2D eigenvalue weighted by Crippen LogP contribution is 2.58. The molecule has 0 saturated carbocycles. The first kappa shape index (κ1) is 28.3. The fourth-order valence-electron chi connectivity index (χ4n) is 5.68. The van der Waals surface area contributed by atoms with Gasteiger partial charge in [-0.3, -0.25) is 9.05 Å². The van der Waals surface area contributed by atoms with Gasteiger partial charge in [-0.25, -0.2) is 4.57 Å².